The minimum Gasteiger partial charge on any atom is -0.507 e. The maximum atomic E-state index is 10.0. The molecule has 0 aliphatic heterocycles. The minimum absolute atomic E-state index is 0.0722. The number of hydrogen-bond acceptors (Lipinski definition) is 4. The molecule has 0 aliphatic carbocycles. The second kappa shape index (κ2) is 6.08. The van der Waals surface area contributed by atoms with Crippen LogP contribution in [-0.2, 0) is 0 Å². The van der Waals surface area contributed by atoms with Crippen molar-refractivity contribution in [3.8, 4) is 11.5 Å². The number of hydrogen-bond donors (Lipinski definition) is 2. The Labute approximate surface area is 117 Å². The molecular weight excluding hydrogens is 258 g/mol. The van der Waals surface area contributed by atoms with Crippen LogP contribution in [0.15, 0.2) is 35.7 Å². The molecule has 1 aromatic heterocycles. The molecule has 0 bridgehead atoms. The van der Waals surface area contributed by atoms with E-state index in [1.165, 1.54) is 4.88 Å². The number of phenolic OH excluding ortho intramolecular Hbond substituents is 1. The van der Waals surface area contributed by atoms with Crippen LogP contribution in [0.2, 0.25) is 0 Å². The number of aromatic hydroxyl groups is 1. The first-order chi connectivity index (χ1) is 9.11. The smallest absolute Gasteiger partial charge is 0.124 e. The van der Waals surface area contributed by atoms with E-state index in [4.69, 9.17) is 4.74 Å². The predicted molar refractivity (Wildman–Crippen MR) is 78.9 cm³/mol. The lowest BCUT2D eigenvalue weighted by Crippen LogP contribution is -2.21. The van der Waals surface area contributed by atoms with E-state index in [-0.39, 0.29) is 17.8 Å². The van der Waals surface area contributed by atoms with Gasteiger partial charge in [0.05, 0.1) is 7.11 Å². The number of benzene rings is 1. The van der Waals surface area contributed by atoms with Crippen LogP contribution in [0.4, 0.5) is 0 Å². The third kappa shape index (κ3) is 3.28. The fourth-order valence-electron chi connectivity index (χ4n) is 2.10. The lowest BCUT2D eigenvalue weighted by molar-refractivity contribution is 0.402. The van der Waals surface area contributed by atoms with E-state index in [0.717, 1.165) is 5.56 Å². The molecule has 1 aromatic carbocycles. The lowest BCUT2D eigenvalue weighted by atomic mass is 10.1. The molecule has 0 amide bonds. The van der Waals surface area contributed by atoms with Gasteiger partial charge in [0.1, 0.15) is 11.5 Å². The number of phenols is 1. The van der Waals surface area contributed by atoms with Gasteiger partial charge in [-0.3, -0.25) is 0 Å². The fraction of sp³-hybridized carbons (Fsp3) is 0.333. The Balaban J connectivity index is 2.09. The summed E-state index contributed by atoms with van der Waals surface area (Å²) in [5, 5.41) is 15.6. The van der Waals surface area contributed by atoms with Gasteiger partial charge in [-0.2, -0.15) is 0 Å². The Morgan fingerprint density at radius 1 is 1.21 bits per heavy atom. The predicted octanol–water partition coefficient (Wildman–Crippen LogP) is 3.87. The number of thiophene rings is 1. The van der Waals surface area contributed by atoms with E-state index in [1.54, 1.807) is 24.5 Å². The van der Waals surface area contributed by atoms with Crippen LogP contribution in [0.1, 0.15) is 36.4 Å². The van der Waals surface area contributed by atoms with Crippen molar-refractivity contribution in [2.75, 3.05) is 7.11 Å². The quantitative estimate of drug-likeness (QED) is 0.871. The molecule has 0 spiro atoms. The molecule has 2 unspecified atom stereocenters. The van der Waals surface area contributed by atoms with Gasteiger partial charge in [-0.1, -0.05) is 12.1 Å². The van der Waals surface area contributed by atoms with Gasteiger partial charge in [0.25, 0.3) is 0 Å². The van der Waals surface area contributed by atoms with Crippen LogP contribution in [-0.4, -0.2) is 12.2 Å². The molecular formula is C15H19NO2S. The van der Waals surface area contributed by atoms with E-state index in [0.29, 0.717) is 5.75 Å². The van der Waals surface area contributed by atoms with Crippen LogP contribution >= 0.6 is 11.3 Å². The first kappa shape index (κ1) is 13.9. The van der Waals surface area contributed by atoms with E-state index >= 15 is 0 Å². The molecule has 2 atom stereocenters. The first-order valence-electron chi connectivity index (χ1n) is 6.28. The van der Waals surface area contributed by atoms with E-state index < -0.39 is 0 Å². The zero-order valence-corrected chi connectivity index (χ0v) is 12.2. The van der Waals surface area contributed by atoms with Gasteiger partial charge in [-0.15, -0.1) is 11.3 Å². The third-order valence-corrected chi connectivity index (χ3v) is 4.23. The van der Waals surface area contributed by atoms with Crippen molar-refractivity contribution in [1.82, 2.24) is 5.32 Å². The average molecular weight is 277 g/mol. The standard InChI is InChI=1S/C15H19NO2S/c1-10(16-11(2)15-5-4-8-19-15)13-7-6-12(18-3)9-14(13)17/h4-11,16-17H,1-3H3. The Bertz CT molecular complexity index is 525. The van der Waals surface area contributed by atoms with Crippen molar-refractivity contribution >= 4 is 11.3 Å². The summed E-state index contributed by atoms with van der Waals surface area (Å²) in [6.07, 6.45) is 0. The molecule has 0 aliphatic rings. The molecule has 3 nitrogen and oxygen atoms in total. The van der Waals surface area contributed by atoms with Gasteiger partial charge in [0, 0.05) is 28.6 Å². The summed E-state index contributed by atoms with van der Waals surface area (Å²) in [5.74, 6) is 0.928. The molecule has 0 radical (unpaired) electrons. The van der Waals surface area contributed by atoms with Gasteiger partial charge in [-0.25, -0.2) is 0 Å². The summed E-state index contributed by atoms with van der Waals surface area (Å²) >= 11 is 1.73. The summed E-state index contributed by atoms with van der Waals surface area (Å²) in [6.45, 7) is 4.18. The molecule has 1 heterocycles. The van der Waals surface area contributed by atoms with E-state index in [9.17, 15) is 5.11 Å². The van der Waals surface area contributed by atoms with Crippen LogP contribution in [0, 0.1) is 0 Å². The fourth-order valence-corrected chi connectivity index (χ4v) is 2.84. The van der Waals surface area contributed by atoms with Crippen LogP contribution < -0.4 is 10.1 Å². The average Bonchev–Trinajstić information content (AvgIpc) is 2.92. The van der Waals surface area contributed by atoms with Gasteiger partial charge >= 0.3 is 0 Å². The largest absolute Gasteiger partial charge is 0.507 e. The molecule has 2 rings (SSSR count). The van der Waals surface area contributed by atoms with E-state index in [1.807, 2.05) is 25.1 Å². The Kier molecular flexibility index (Phi) is 4.45. The van der Waals surface area contributed by atoms with E-state index in [2.05, 4.69) is 23.7 Å². The summed E-state index contributed by atoms with van der Waals surface area (Å²) in [7, 11) is 1.59. The number of methoxy groups -OCH3 is 1. The highest BCUT2D eigenvalue weighted by Crippen LogP contribution is 2.30. The minimum atomic E-state index is 0.0722. The summed E-state index contributed by atoms with van der Waals surface area (Å²) in [5.41, 5.74) is 0.879. The van der Waals surface area contributed by atoms with Crippen LogP contribution in [0.25, 0.3) is 0 Å². The topological polar surface area (TPSA) is 41.5 Å². The van der Waals surface area contributed by atoms with Crippen molar-refractivity contribution in [3.63, 3.8) is 0 Å². The first-order valence-corrected chi connectivity index (χ1v) is 7.16. The van der Waals surface area contributed by atoms with Crippen LogP contribution in [0.3, 0.4) is 0 Å². The Hall–Kier alpha value is -1.52. The SMILES string of the molecule is COc1ccc(C(C)NC(C)c2cccs2)c(O)c1. The molecule has 19 heavy (non-hydrogen) atoms. The third-order valence-electron chi connectivity index (χ3n) is 3.17. The Morgan fingerprint density at radius 2 is 2.00 bits per heavy atom. The number of rotatable bonds is 5. The van der Waals surface area contributed by atoms with Crippen molar-refractivity contribution < 1.29 is 9.84 Å². The Morgan fingerprint density at radius 3 is 2.58 bits per heavy atom. The van der Waals surface area contributed by atoms with Crippen molar-refractivity contribution in [1.29, 1.82) is 0 Å². The second-order valence-electron chi connectivity index (χ2n) is 4.55. The number of nitrogens with one attached hydrogen (secondary N) is 1. The van der Waals surface area contributed by atoms with Crippen molar-refractivity contribution in [3.05, 3.63) is 46.2 Å². The number of ether oxygens (including phenoxy) is 1. The molecule has 4 heteroatoms. The maximum Gasteiger partial charge on any atom is 0.124 e. The molecule has 2 aromatic rings. The normalized spacial score (nSPS) is 14.1. The molecule has 102 valence electrons. The zero-order chi connectivity index (χ0) is 13.8. The summed E-state index contributed by atoms with van der Waals surface area (Å²) < 4.78 is 5.09. The summed E-state index contributed by atoms with van der Waals surface area (Å²) in [4.78, 5) is 1.29. The van der Waals surface area contributed by atoms with Crippen molar-refractivity contribution in [2.24, 2.45) is 0 Å². The van der Waals surface area contributed by atoms with Gasteiger partial charge in [0.15, 0.2) is 0 Å². The zero-order valence-electron chi connectivity index (χ0n) is 11.4. The summed E-state index contributed by atoms with van der Waals surface area (Å²) in [6, 6.07) is 9.90. The lowest BCUT2D eigenvalue weighted by Gasteiger charge is -2.20. The second-order valence-corrected chi connectivity index (χ2v) is 5.53. The highest BCUT2D eigenvalue weighted by atomic mass is 32.1. The molecule has 0 fully saturated rings. The highest BCUT2D eigenvalue weighted by Gasteiger charge is 2.15. The van der Waals surface area contributed by atoms with Gasteiger partial charge in [-0.05, 0) is 31.4 Å². The maximum absolute atomic E-state index is 10.0. The monoisotopic (exact) mass is 277 g/mol. The molecule has 0 saturated carbocycles. The molecule has 0 saturated heterocycles. The van der Waals surface area contributed by atoms with Crippen LogP contribution in [0.5, 0.6) is 11.5 Å². The van der Waals surface area contributed by atoms with Gasteiger partial charge < -0.3 is 15.2 Å². The highest BCUT2D eigenvalue weighted by molar-refractivity contribution is 7.10. The molecule has 2 N–H and O–H groups in total. The van der Waals surface area contributed by atoms with Crippen molar-refractivity contribution in [2.45, 2.75) is 25.9 Å². The van der Waals surface area contributed by atoms with Gasteiger partial charge in [0.2, 0.25) is 0 Å².